The molecule has 3 aromatic carbocycles. The van der Waals surface area contributed by atoms with Crippen molar-refractivity contribution >= 4 is 32.4 Å². The molecule has 0 aliphatic carbocycles. The van der Waals surface area contributed by atoms with Gasteiger partial charge in [0.15, 0.2) is 0 Å². The Morgan fingerprint density at radius 2 is 1.68 bits per heavy atom. The summed E-state index contributed by atoms with van der Waals surface area (Å²) in [5, 5.41) is 5.12. The minimum absolute atomic E-state index is 0.320. The lowest BCUT2D eigenvalue weighted by atomic mass is 10.1. The molecule has 0 saturated heterocycles. The fourth-order valence-electron chi connectivity index (χ4n) is 3.57. The molecule has 0 heterocycles. The molecule has 1 unspecified atom stereocenters. The first-order valence-electron chi connectivity index (χ1n) is 10.3. The second-order valence-electron chi connectivity index (χ2n) is 7.31. The number of hydrogen-bond acceptors (Lipinski definition) is 4. The summed E-state index contributed by atoms with van der Waals surface area (Å²) in [6.07, 6.45) is 1.45. The van der Waals surface area contributed by atoms with Gasteiger partial charge in [0.2, 0.25) is 15.9 Å². The van der Waals surface area contributed by atoms with E-state index in [0.29, 0.717) is 31.0 Å². The SMILES string of the molecule is CCOc1ccc(N(C(CC)C(=O)NCc2ccc3ccccc3c2)S(C)(=O)=O)cc1. The van der Waals surface area contributed by atoms with E-state index in [9.17, 15) is 13.2 Å². The van der Waals surface area contributed by atoms with Crippen LogP contribution < -0.4 is 14.4 Å². The highest BCUT2D eigenvalue weighted by Crippen LogP contribution is 2.25. The molecule has 0 fully saturated rings. The molecule has 0 spiro atoms. The van der Waals surface area contributed by atoms with E-state index in [2.05, 4.69) is 5.32 Å². The maximum Gasteiger partial charge on any atom is 0.244 e. The number of rotatable bonds is 9. The van der Waals surface area contributed by atoms with Crippen molar-refractivity contribution in [2.45, 2.75) is 32.9 Å². The first-order chi connectivity index (χ1) is 14.8. The predicted octanol–water partition coefficient (Wildman–Crippen LogP) is 4.10. The highest BCUT2D eigenvalue weighted by atomic mass is 32.2. The first kappa shape index (κ1) is 22.6. The zero-order valence-corrected chi connectivity index (χ0v) is 18.9. The number of ether oxygens (including phenoxy) is 1. The number of amides is 1. The van der Waals surface area contributed by atoms with Crippen LogP contribution in [0.2, 0.25) is 0 Å². The fraction of sp³-hybridized carbons (Fsp3) is 0.292. The number of sulfonamides is 1. The number of hydrogen-bond donors (Lipinski definition) is 1. The molecule has 3 aromatic rings. The Morgan fingerprint density at radius 3 is 2.29 bits per heavy atom. The molecule has 0 bridgehead atoms. The van der Waals surface area contributed by atoms with E-state index in [4.69, 9.17) is 4.74 Å². The van der Waals surface area contributed by atoms with Crippen LogP contribution >= 0.6 is 0 Å². The van der Waals surface area contributed by atoms with E-state index >= 15 is 0 Å². The van der Waals surface area contributed by atoms with Crippen molar-refractivity contribution in [3.8, 4) is 5.75 Å². The third-order valence-electron chi connectivity index (χ3n) is 5.01. The van der Waals surface area contributed by atoms with Crippen LogP contribution in [0.1, 0.15) is 25.8 Å². The smallest absolute Gasteiger partial charge is 0.244 e. The molecule has 0 saturated carbocycles. The largest absolute Gasteiger partial charge is 0.494 e. The van der Waals surface area contributed by atoms with Crippen LogP contribution in [0.25, 0.3) is 10.8 Å². The Hall–Kier alpha value is -3.06. The lowest BCUT2D eigenvalue weighted by Crippen LogP contribution is -2.49. The van der Waals surface area contributed by atoms with Crippen molar-refractivity contribution in [1.82, 2.24) is 5.32 Å². The summed E-state index contributed by atoms with van der Waals surface area (Å²) in [4.78, 5) is 13.0. The van der Waals surface area contributed by atoms with Crippen molar-refractivity contribution in [3.63, 3.8) is 0 Å². The average molecular weight is 441 g/mol. The van der Waals surface area contributed by atoms with Gasteiger partial charge in [-0.1, -0.05) is 43.3 Å². The standard InChI is InChI=1S/C24H28N2O4S/c1-4-23(26(31(3,28)29)21-12-14-22(15-13-21)30-5-2)24(27)25-17-18-10-11-19-8-6-7-9-20(19)16-18/h6-16,23H,4-5,17H2,1-3H3,(H,25,27). The van der Waals surface area contributed by atoms with E-state index in [0.717, 1.165) is 22.6 Å². The molecular formula is C24H28N2O4S. The molecule has 31 heavy (non-hydrogen) atoms. The molecule has 1 atom stereocenters. The maximum absolute atomic E-state index is 13.0. The summed E-state index contributed by atoms with van der Waals surface area (Å²) >= 11 is 0. The van der Waals surface area contributed by atoms with Crippen molar-refractivity contribution in [2.75, 3.05) is 17.2 Å². The van der Waals surface area contributed by atoms with Crippen LogP contribution in [-0.2, 0) is 21.4 Å². The van der Waals surface area contributed by atoms with Gasteiger partial charge < -0.3 is 10.1 Å². The van der Waals surface area contributed by atoms with E-state index in [-0.39, 0.29) is 5.91 Å². The van der Waals surface area contributed by atoms with E-state index < -0.39 is 16.1 Å². The number of anilines is 1. The Morgan fingerprint density at radius 1 is 1.00 bits per heavy atom. The summed E-state index contributed by atoms with van der Waals surface area (Å²) in [5.74, 6) is 0.309. The van der Waals surface area contributed by atoms with Crippen LogP contribution in [0.3, 0.4) is 0 Å². The Kier molecular flexibility index (Phi) is 7.17. The molecular weight excluding hydrogens is 412 g/mol. The third kappa shape index (κ3) is 5.55. The summed E-state index contributed by atoms with van der Waals surface area (Å²) < 4.78 is 31.8. The Bertz CT molecular complexity index is 1140. The summed E-state index contributed by atoms with van der Waals surface area (Å²) in [6, 6.07) is 19.9. The molecule has 0 aromatic heterocycles. The van der Waals surface area contributed by atoms with Crippen LogP contribution in [0.5, 0.6) is 5.75 Å². The molecule has 6 nitrogen and oxygen atoms in total. The number of fused-ring (bicyclic) bond motifs is 1. The molecule has 1 N–H and O–H groups in total. The number of nitrogens with one attached hydrogen (secondary N) is 1. The van der Waals surface area contributed by atoms with Crippen LogP contribution in [0.15, 0.2) is 66.7 Å². The monoisotopic (exact) mass is 440 g/mol. The van der Waals surface area contributed by atoms with Crippen LogP contribution in [-0.4, -0.2) is 33.2 Å². The average Bonchev–Trinajstić information content (AvgIpc) is 2.75. The van der Waals surface area contributed by atoms with Gasteiger partial charge in [0.1, 0.15) is 11.8 Å². The lowest BCUT2D eigenvalue weighted by Gasteiger charge is -2.30. The van der Waals surface area contributed by atoms with Gasteiger partial charge in [0, 0.05) is 6.54 Å². The third-order valence-corrected chi connectivity index (χ3v) is 6.19. The van der Waals surface area contributed by atoms with Gasteiger partial charge in [0.25, 0.3) is 0 Å². The van der Waals surface area contributed by atoms with Gasteiger partial charge in [-0.2, -0.15) is 0 Å². The molecule has 1 amide bonds. The number of benzene rings is 3. The Balaban J connectivity index is 1.79. The van der Waals surface area contributed by atoms with Crippen molar-refractivity contribution in [3.05, 3.63) is 72.3 Å². The summed E-state index contributed by atoms with van der Waals surface area (Å²) in [5.41, 5.74) is 1.38. The highest BCUT2D eigenvalue weighted by molar-refractivity contribution is 7.92. The van der Waals surface area contributed by atoms with Crippen LogP contribution in [0, 0.1) is 0 Å². The van der Waals surface area contributed by atoms with E-state index in [1.54, 1.807) is 31.2 Å². The van der Waals surface area contributed by atoms with Gasteiger partial charge in [-0.05, 0) is 60.0 Å². The van der Waals surface area contributed by atoms with Crippen molar-refractivity contribution < 1.29 is 17.9 Å². The first-order valence-corrected chi connectivity index (χ1v) is 12.2. The molecule has 0 aliphatic rings. The van der Waals surface area contributed by atoms with E-state index in [1.165, 1.54) is 4.31 Å². The van der Waals surface area contributed by atoms with Crippen LogP contribution in [0.4, 0.5) is 5.69 Å². The molecule has 7 heteroatoms. The second-order valence-corrected chi connectivity index (χ2v) is 9.17. The molecule has 0 radical (unpaired) electrons. The number of carbonyl (C=O) groups is 1. The molecule has 3 rings (SSSR count). The molecule has 0 aliphatic heterocycles. The van der Waals surface area contributed by atoms with Crippen molar-refractivity contribution in [1.29, 1.82) is 0 Å². The number of carbonyl (C=O) groups excluding carboxylic acids is 1. The van der Waals surface area contributed by atoms with Gasteiger partial charge in [0.05, 0.1) is 18.6 Å². The number of nitrogens with zero attached hydrogens (tertiary/aromatic N) is 1. The van der Waals surface area contributed by atoms with Gasteiger partial charge >= 0.3 is 0 Å². The normalized spacial score (nSPS) is 12.4. The Labute approximate surface area is 183 Å². The van der Waals surface area contributed by atoms with Gasteiger partial charge in [-0.3, -0.25) is 9.10 Å². The predicted molar refractivity (Wildman–Crippen MR) is 125 cm³/mol. The van der Waals surface area contributed by atoms with Gasteiger partial charge in [-0.25, -0.2) is 8.42 Å². The lowest BCUT2D eigenvalue weighted by molar-refractivity contribution is -0.122. The zero-order chi connectivity index (χ0) is 22.4. The summed E-state index contributed by atoms with van der Waals surface area (Å²) in [6.45, 7) is 4.52. The summed E-state index contributed by atoms with van der Waals surface area (Å²) in [7, 11) is -3.68. The van der Waals surface area contributed by atoms with Crippen molar-refractivity contribution in [2.24, 2.45) is 0 Å². The topological polar surface area (TPSA) is 75.7 Å². The minimum atomic E-state index is -3.68. The quantitative estimate of drug-likeness (QED) is 0.544. The highest BCUT2D eigenvalue weighted by Gasteiger charge is 2.31. The maximum atomic E-state index is 13.0. The minimum Gasteiger partial charge on any atom is -0.494 e. The zero-order valence-electron chi connectivity index (χ0n) is 18.0. The van der Waals surface area contributed by atoms with E-state index in [1.807, 2.05) is 49.4 Å². The fourth-order valence-corrected chi connectivity index (χ4v) is 4.78. The molecule has 164 valence electrons. The van der Waals surface area contributed by atoms with Gasteiger partial charge in [-0.15, -0.1) is 0 Å². The second kappa shape index (κ2) is 9.83.